The number of amides is 1. The van der Waals surface area contributed by atoms with Crippen LogP contribution in [0.25, 0.3) is 0 Å². The highest BCUT2D eigenvalue weighted by atomic mass is 16.3. The third kappa shape index (κ3) is 1.99. The number of hydrogen-bond donors (Lipinski definition) is 2. The van der Waals surface area contributed by atoms with Gasteiger partial charge in [-0.25, -0.2) is 0 Å². The van der Waals surface area contributed by atoms with Crippen LogP contribution in [-0.4, -0.2) is 17.6 Å². The largest absolute Gasteiger partial charge is 0.508 e. The highest BCUT2D eigenvalue weighted by Crippen LogP contribution is 2.18. The third-order valence-electron chi connectivity index (χ3n) is 1.89. The Morgan fingerprint density at radius 1 is 1.54 bits per heavy atom. The van der Waals surface area contributed by atoms with E-state index in [1.807, 2.05) is 6.92 Å². The van der Waals surface area contributed by atoms with Gasteiger partial charge in [0.15, 0.2) is 0 Å². The van der Waals surface area contributed by atoms with Crippen LogP contribution in [-0.2, 0) is 0 Å². The molecule has 0 aromatic heterocycles. The van der Waals surface area contributed by atoms with Gasteiger partial charge < -0.3 is 10.4 Å². The Balaban J connectivity index is 3.01. The van der Waals surface area contributed by atoms with Crippen LogP contribution in [0.4, 0.5) is 0 Å². The first kappa shape index (κ1) is 9.58. The van der Waals surface area contributed by atoms with Crippen LogP contribution in [0, 0.1) is 6.92 Å². The van der Waals surface area contributed by atoms with E-state index in [1.165, 1.54) is 0 Å². The van der Waals surface area contributed by atoms with E-state index in [0.29, 0.717) is 17.7 Å². The fourth-order valence-electron chi connectivity index (χ4n) is 1.13. The molecule has 2 N–H and O–H groups in total. The van der Waals surface area contributed by atoms with Gasteiger partial charge in [0.25, 0.3) is 5.91 Å². The molecule has 0 saturated heterocycles. The van der Waals surface area contributed by atoms with E-state index in [4.69, 9.17) is 0 Å². The molecule has 1 rings (SSSR count). The summed E-state index contributed by atoms with van der Waals surface area (Å²) in [5.74, 6) is 0.0136. The molecule has 0 atom stereocenters. The van der Waals surface area contributed by atoms with Crippen LogP contribution in [0.3, 0.4) is 0 Å². The van der Waals surface area contributed by atoms with E-state index in [-0.39, 0.29) is 11.7 Å². The molecule has 1 aromatic carbocycles. The van der Waals surface area contributed by atoms with Crippen molar-refractivity contribution in [3.63, 3.8) is 0 Å². The minimum atomic E-state index is -0.143. The highest BCUT2D eigenvalue weighted by Gasteiger charge is 2.09. The molecule has 0 heterocycles. The van der Waals surface area contributed by atoms with Gasteiger partial charge in [-0.05, 0) is 26.0 Å². The zero-order chi connectivity index (χ0) is 9.84. The van der Waals surface area contributed by atoms with Gasteiger partial charge in [0.05, 0.1) is 0 Å². The molecular formula is C10H13NO2. The number of phenolic OH excluding ortho intramolecular Hbond substituents is 1. The summed E-state index contributed by atoms with van der Waals surface area (Å²) in [6.07, 6.45) is 0. The maximum absolute atomic E-state index is 11.4. The third-order valence-corrected chi connectivity index (χ3v) is 1.89. The van der Waals surface area contributed by atoms with Crippen molar-refractivity contribution in [2.24, 2.45) is 0 Å². The van der Waals surface area contributed by atoms with E-state index >= 15 is 0 Å². The predicted molar refractivity (Wildman–Crippen MR) is 50.9 cm³/mol. The standard InChI is InChI=1S/C10H13NO2/c1-3-11-10(13)8-5-4-6-9(12)7(8)2/h4-6,12H,3H2,1-2H3,(H,11,13). The van der Waals surface area contributed by atoms with Gasteiger partial charge >= 0.3 is 0 Å². The predicted octanol–water partition coefficient (Wildman–Crippen LogP) is 1.45. The van der Waals surface area contributed by atoms with Gasteiger partial charge in [-0.3, -0.25) is 4.79 Å². The molecule has 13 heavy (non-hydrogen) atoms. The molecule has 0 aliphatic rings. The molecule has 1 aromatic rings. The summed E-state index contributed by atoms with van der Waals surface area (Å²) in [4.78, 5) is 11.4. The zero-order valence-corrected chi connectivity index (χ0v) is 7.79. The average molecular weight is 179 g/mol. The number of hydrogen-bond acceptors (Lipinski definition) is 2. The van der Waals surface area contributed by atoms with Gasteiger partial charge in [0.2, 0.25) is 0 Å². The normalized spacial score (nSPS) is 9.69. The van der Waals surface area contributed by atoms with Crippen molar-refractivity contribution in [3.8, 4) is 5.75 Å². The van der Waals surface area contributed by atoms with E-state index in [9.17, 15) is 9.90 Å². The van der Waals surface area contributed by atoms with Crippen LogP contribution >= 0.6 is 0 Å². The molecule has 3 heteroatoms. The Morgan fingerprint density at radius 2 is 2.23 bits per heavy atom. The van der Waals surface area contributed by atoms with E-state index < -0.39 is 0 Å². The van der Waals surface area contributed by atoms with E-state index in [2.05, 4.69) is 5.32 Å². The average Bonchev–Trinajstić information content (AvgIpc) is 2.10. The summed E-state index contributed by atoms with van der Waals surface area (Å²) in [5, 5.41) is 12.0. The number of rotatable bonds is 2. The van der Waals surface area contributed by atoms with Crippen molar-refractivity contribution in [2.45, 2.75) is 13.8 Å². The molecule has 0 spiro atoms. The molecule has 0 aliphatic carbocycles. The zero-order valence-electron chi connectivity index (χ0n) is 7.79. The lowest BCUT2D eigenvalue weighted by molar-refractivity contribution is 0.0955. The molecule has 0 aliphatic heterocycles. The Hall–Kier alpha value is -1.51. The number of benzene rings is 1. The second kappa shape index (κ2) is 3.94. The van der Waals surface area contributed by atoms with Crippen molar-refractivity contribution >= 4 is 5.91 Å². The van der Waals surface area contributed by atoms with Crippen molar-refractivity contribution in [3.05, 3.63) is 29.3 Å². The summed E-state index contributed by atoms with van der Waals surface area (Å²) in [6.45, 7) is 4.17. The lowest BCUT2D eigenvalue weighted by atomic mass is 10.1. The number of carbonyl (C=O) groups is 1. The molecule has 1 amide bonds. The summed E-state index contributed by atoms with van der Waals surface area (Å²) in [6, 6.07) is 4.92. The second-order valence-electron chi connectivity index (χ2n) is 2.81. The monoisotopic (exact) mass is 179 g/mol. The minimum Gasteiger partial charge on any atom is -0.508 e. The van der Waals surface area contributed by atoms with Crippen molar-refractivity contribution in [1.82, 2.24) is 5.32 Å². The van der Waals surface area contributed by atoms with Crippen molar-refractivity contribution in [1.29, 1.82) is 0 Å². The maximum Gasteiger partial charge on any atom is 0.251 e. The second-order valence-corrected chi connectivity index (χ2v) is 2.81. The van der Waals surface area contributed by atoms with E-state index in [0.717, 1.165) is 0 Å². The van der Waals surface area contributed by atoms with Crippen molar-refractivity contribution in [2.75, 3.05) is 6.54 Å². The molecule has 70 valence electrons. The van der Waals surface area contributed by atoms with Crippen molar-refractivity contribution < 1.29 is 9.90 Å². The first-order valence-corrected chi connectivity index (χ1v) is 4.23. The Kier molecular flexibility index (Phi) is 2.90. The lowest BCUT2D eigenvalue weighted by Gasteiger charge is -2.06. The molecular weight excluding hydrogens is 166 g/mol. The van der Waals surface area contributed by atoms with E-state index in [1.54, 1.807) is 25.1 Å². The maximum atomic E-state index is 11.4. The van der Waals surface area contributed by atoms with Gasteiger partial charge in [0.1, 0.15) is 5.75 Å². The van der Waals surface area contributed by atoms with Crippen LogP contribution in [0.2, 0.25) is 0 Å². The number of phenols is 1. The number of nitrogens with one attached hydrogen (secondary N) is 1. The highest BCUT2D eigenvalue weighted by molar-refractivity contribution is 5.96. The van der Waals surface area contributed by atoms with Crippen LogP contribution in [0.1, 0.15) is 22.8 Å². The fraction of sp³-hybridized carbons (Fsp3) is 0.300. The quantitative estimate of drug-likeness (QED) is 0.722. The summed E-state index contributed by atoms with van der Waals surface area (Å²) < 4.78 is 0. The first-order chi connectivity index (χ1) is 6.16. The fourth-order valence-corrected chi connectivity index (χ4v) is 1.13. The molecule has 0 saturated carbocycles. The number of aromatic hydroxyl groups is 1. The Labute approximate surface area is 77.4 Å². The van der Waals surface area contributed by atoms with Gasteiger partial charge in [0, 0.05) is 17.7 Å². The summed E-state index contributed by atoms with van der Waals surface area (Å²) in [5.41, 5.74) is 1.15. The van der Waals surface area contributed by atoms with Gasteiger partial charge in [-0.2, -0.15) is 0 Å². The van der Waals surface area contributed by atoms with Crippen LogP contribution < -0.4 is 5.32 Å². The molecule has 0 radical (unpaired) electrons. The molecule has 3 nitrogen and oxygen atoms in total. The summed E-state index contributed by atoms with van der Waals surface area (Å²) >= 11 is 0. The van der Waals surface area contributed by atoms with Crippen LogP contribution in [0.5, 0.6) is 5.75 Å². The smallest absolute Gasteiger partial charge is 0.251 e. The van der Waals surface area contributed by atoms with Gasteiger partial charge in [-0.15, -0.1) is 0 Å². The molecule has 0 bridgehead atoms. The topological polar surface area (TPSA) is 49.3 Å². The summed E-state index contributed by atoms with van der Waals surface area (Å²) in [7, 11) is 0. The molecule has 0 fully saturated rings. The number of carbonyl (C=O) groups excluding carboxylic acids is 1. The van der Waals surface area contributed by atoms with Gasteiger partial charge in [-0.1, -0.05) is 6.07 Å². The van der Waals surface area contributed by atoms with Crippen LogP contribution in [0.15, 0.2) is 18.2 Å². The first-order valence-electron chi connectivity index (χ1n) is 4.23. The molecule has 0 unspecified atom stereocenters. The SMILES string of the molecule is CCNC(=O)c1cccc(O)c1C. The Morgan fingerprint density at radius 3 is 2.85 bits per heavy atom. The minimum absolute atomic E-state index is 0.143. The lowest BCUT2D eigenvalue weighted by Crippen LogP contribution is -2.23. The Bertz CT molecular complexity index is 321.